The number of nitrogens with two attached hydrogens (primary N) is 2. The molecule has 0 amide bonds. The Labute approximate surface area is 139 Å². The van der Waals surface area contributed by atoms with Crippen molar-refractivity contribution in [3.05, 3.63) is 34.9 Å². The maximum Gasteiger partial charge on any atom is 0.0685 e. The van der Waals surface area contributed by atoms with Gasteiger partial charge in [0.25, 0.3) is 0 Å². The second-order valence-corrected chi connectivity index (χ2v) is 7.01. The molecule has 1 aromatic rings. The maximum absolute atomic E-state index is 9.48. The first kappa shape index (κ1) is 18.4. The van der Waals surface area contributed by atoms with E-state index in [0.717, 1.165) is 47.9 Å². The first-order valence-corrected chi connectivity index (χ1v) is 8.97. The van der Waals surface area contributed by atoms with Gasteiger partial charge in [-0.3, -0.25) is 0 Å². The Balaban J connectivity index is 1.82. The van der Waals surface area contributed by atoms with Crippen molar-refractivity contribution in [2.75, 3.05) is 6.54 Å². The number of benzene rings is 1. The zero-order chi connectivity index (χ0) is 16.7. The number of rotatable bonds is 8. The van der Waals surface area contributed by atoms with Crippen LogP contribution >= 0.6 is 0 Å². The molecule has 130 valence electrons. The summed E-state index contributed by atoms with van der Waals surface area (Å²) in [6, 6.07) is 5.58. The van der Waals surface area contributed by atoms with Crippen LogP contribution in [0.1, 0.15) is 67.7 Å². The van der Waals surface area contributed by atoms with Gasteiger partial charge in [-0.25, -0.2) is 0 Å². The van der Waals surface area contributed by atoms with Gasteiger partial charge in [0.1, 0.15) is 0 Å². The highest BCUT2D eigenvalue weighted by atomic mass is 16.3. The molecule has 1 unspecified atom stereocenters. The van der Waals surface area contributed by atoms with Crippen molar-refractivity contribution in [2.45, 2.75) is 64.2 Å². The first-order valence-electron chi connectivity index (χ1n) is 8.97. The highest BCUT2D eigenvalue weighted by Gasteiger charge is 2.20. The van der Waals surface area contributed by atoms with Crippen molar-refractivity contribution < 1.29 is 10.2 Å². The fraction of sp³-hybridized carbons (Fsp3) is 0.684. The fourth-order valence-electron chi connectivity index (χ4n) is 3.77. The molecule has 6 N–H and O–H groups in total. The molecule has 0 aliphatic heterocycles. The lowest BCUT2D eigenvalue weighted by molar-refractivity contribution is 0.261. The zero-order valence-electron chi connectivity index (χ0n) is 14.1. The van der Waals surface area contributed by atoms with Crippen LogP contribution in [0.2, 0.25) is 0 Å². The highest BCUT2D eigenvalue weighted by Crippen LogP contribution is 2.32. The second-order valence-electron chi connectivity index (χ2n) is 7.01. The predicted molar refractivity (Wildman–Crippen MR) is 93.6 cm³/mol. The van der Waals surface area contributed by atoms with Gasteiger partial charge in [0, 0.05) is 6.04 Å². The van der Waals surface area contributed by atoms with Crippen molar-refractivity contribution in [1.82, 2.24) is 0 Å². The fourth-order valence-corrected chi connectivity index (χ4v) is 3.77. The van der Waals surface area contributed by atoms with Crippen LogP contribution in [-0.2, 0) is 13.2 Å². The molecular formula is C19H32N2O2. The average molecular weight is 320 g/mol. The number of hydrogen-bond donors (Lipinski definition) is 4. The molecule has 0 radical (unpaired) electrons. The van der Waals surface area contributed by atoms with E-state index in [1.54, 1.807) is 0 Å². The summed E-state index contributed by atoms with van der Waals surface area (Å²) < 4.78 is 0. The Morgan fingerprint density at radius 3 is 2.35 bits per heavy atom. The number of aliphatic hydroxyl groups excluding tert-OH is 2. The van der Waals surface area contributed by atoms with Gasteiger partial charge < -0.3 is 21.7 Å². The third-order valence-corrected chi connectivity index (χ3v) is 5.39. The molecule has 1 atom stereocenters. The smallest absolute Gasteiger partial charge is 0.0685 e. The Morgan fingerprint density at radius 2 is 1.74 bits per heavy atom. The summed E-state index contributed by atoms with van der Waals surface area (Å²) in [4.78, 5) is 0. The van der Waals surface area contributed by atoms with Crippen molar-refractivity contribution >= 4 is 0 Å². The minimum Gasteiger partial charge on any atom is -0.392 e. The Hall–Kier alpha value is -0.940. The van der Waals surface area contributed by atoms with Crippen molar-refractivity contribution in [3.63, 3.8) is 0 Å². The van der Waals surface area contributed by atoms with Crippen LogP contribution in [0.25, 0.3) is 0 Å². The molecule has 0 bridgehead atoms. The van der Waals surface area contributed by atoms with Gasteiger partial charge in [-0.15, -0.1) is 0 Å². The molecule has 1 saturated carbocycles. The molecule has 1 fully saturated rings. The van der Waals surface area contributed by atoms with Crippen molar-refractivity contribution in [3.8, 4) is 0 Å². The van der Waals surface area contributed by atoms with Crippen LogP contribution in [-0.4, -0.2) is 16.8 Å². The molecule has 4 heteroatoms. The summed E-state index contributed by atoms with van der Waals surface area (Å²) in [7, 11) is 0. The van der Waals surface area contributed by atoms with Crippen LogP contribution in [0.15, 0.2) is 18.2 Å². The molecule has 4 nitrogen and oxygen atoms in total. The van der Waals surface area contributed by atoms with Gasteiger partial charge in [0.15, 0.2) is 0 Å². The average Bonchev–Trinajstić information content (AvgIpc) is 2.61. The summed E-state index contributed by atoms with van der Waals surface area (Å²) in [6.07, 6.45) is 8.45. The Bertz CT molecular complexity index is 470. The molecule has 1 aliphatic rings. The summed E-state index contributed by atoms with van der Waals surface area (Å²) in [5, 5.41) is 18.8. The number of aliphatic hydroxyl groups is 2. The van der Waals surface area contributed by atoms with Gasteiger partial charge in [-0.2, -0.15) is 0 Å². The van der Waals surface area contributed by atoms with Gasteiger partial charge >= 0.3 is 0 Å². The van der Waals surface area contributed by atoms with E-state index in [1.807, 2.05) is 18.2 Å². The largest absolute Gasteiger partial charge is 0.392 e. The van der Waals surface area contributed by atoms with Crippen molar-refractivity contribution in [2.24, 2.45) is 23.3 Å². The molecular weight excluding hydrogens is 288 g/mol. The lowest BCUT2D eigenvalue weighted by Gasteiger charge is -2.28. The lowest BCUT2D eigenvalue weighted by Crippen LogP contribution is -2.21. The molecule has 0 spiro atoms. The second kappa shape index (κ2) is 9.38. The SMILES string of the molecule is NCC1CCC(CCCC(N)c2cc(CO)ccc2CO)CC1. The minimum atomic E-state index is -0.0657. The standard InChI is InChI=1S/C19H32N2O2/c20-11-15-6-4-14(5-7-15)2-1-3-19(21)18-10-16(12-22)8-9-17(18)13-23/h8-10,14-15,19,22-23H,1-7,11-13,20-21H2. The third kappa shape index (κ3) is 5.28. The van der Waals surface area contributed by atoms with E-state index in [-0.39, 0.29) is 19.3 Å². The van der Waals surface area contributed by atoms with Crippen LogP contribution < -0.4 is 11.5 Å². The Morgan fingerprint density at radius 1 is 1.04 bits per heavy atom. The minimum absolute atomic E-state index is 0.00214. The van der Waals surface area contributed by atoms with E-state index < -0.39 is 0 Å². The van der Waals surface area contributed by atoms with Gasteiger partial charge in [0.2, 0.25) is 0 Å². The van der Waals surface area contributed by atoms with E-state index in [0.29, 0.717) is 0 Å². The molecule has 1 aliphatic carbocycles. The summed E-state index contributed by atoms with van der Waals surface area (Å²) >= 11 is 0. The van der Waals surface area contributed by atoms with E-state index in [4.69, 9.17) is 11.5 Å². The van der Waals surface area contributed by atoms with Crippen LogP contribution in [0.5, 0.6) is 0 Å². The molecule has 23 heavy (non-hydrogen) atoms. The van der Waals surface area contributed by atoms with Crippen LogP contribution in [0.4, 0.5) is 0 Å². The summed E-state index contributed by atoms with van der Waals surface area (Å²) in [5.74, 6) is 1.56. The summed E-state index contributed by atoms with van der Waals surface area (Å²) in [5.41, 5.74) is 14.8. The van der Waals surface area contributed by atoms with E-state index >= 15 is 0 Å². The molecule has 1 aromatic carbocycles. The van der Waals surface area contributed by atoms with E-state index in [9.17, 15) is 10.2 Å². The maximum atomic E-state index is 9.48. The van der Waals surface area contributed by atoms with Gasteiger partial charge in [-0.05, 0) is 54.3 Å². The van der Waals surface area contributed by atoms with Crippen molar-refractivity contribution in [1.29, 1.82) is 0 Å². The molecule has 0 saturated heterocycles. The van der Waals surface area contributed by atoms with Gasteiger partial charge in [0.05, 0.1) is 13.2 Å². The van der Waals surface area contributed by atoms with E-state index in [2.05, 4.69) is 0 Å². The first-order chi connectivity index (χ1) is 11.2. The molecule has 2 rings (SSSR count). The normalized spacial score (nSPS) is 23.0. The number of hydrogen-bond acceptors (Lipinski definition) is 4. The summed E-state index contributed by atoms with van der Waals surface area (Å²) in [6.45, 7) is 0.844. The highest BCUT2D eigenvalue weighted by molar-refractivity contribution is 5.33. The quantitative estimate of drug-likeness (QED) is 0.592. The third-order valence-electron chi connectivity index (χ3n) is 5.39. The Kier molecular flexibility index (Phi) is 7.50. The van der Waals surface area contributed by atoms with Crippen LogP contribution in [0, 0.1) is 11.8 Å². The molecule has 0 heterocycles. The predicted octanol–water partition coefficient (Wildman–Crippen LogP) is 2.61. The zero-order valence-corrected chi connectivity index (χ0v) is 14.1. The molecule has 0 aromatic heterocycles. The topological polar surface area (TPSA) is 92.5 Å². The van der Waals surface area contributed by atoms with E-state index in [1.165, 1.54) is 32.1 Å². The van der Waals surface area contributed by atoms with Gasteiger partial charge in [-0.1, -0.05) is 43.9 Å². The monoisotopic (exact) mass is 320 g/mol. The lowest BCUT2D eigenvalue weighted by atomic mass is 9.79. The van der Waals surface area contributed by atoms with Crippen LogP contribution in [0.3, 0.4) is 0 Å².